The van der Waals surface area contributed by atoms with Crippen molar-refractivity contribution in [3.63, 3.8) is 0 Å². The highest BCUT2D eigenvalue weighted by Crippen LogP contribution is 2.25. The fourth-order valence-electron chi connectivity index (χ4n) is 1.74. The van der Waals surface area contributed by atoms with E-state index in [1.807, 2.05) is 43.3 Å². The normalized spacial score (nSPS) is 10.6. The summed E-state index contributed by atoms with van der Waals surface area (Å²) in [6, 6.07) is 11.6. The summed E-state index contributed by atoms with van der Waals surface area (Å²) in [4.78, 5) is 4.15. The van der Waals surface area contributed by atoms with Crippen molar-refractivity contribution in [2.75, 3.05) is 5.32 Å². The molecule has 0 atom stereocenters. The minimum Gasteiger partial charge on any atom is -0.354 e. The maximum atomic E-state index is 5.22. The van der Waals surface area contributed by atoms with Crippen LogP contribution in [0.25, 0.3) is 11.0 Å². The van der Waals surface area contributed by atoms with Gasteiger partial charge in [0, 0.05) is 17.6 Å². The SMILES string of the molecule is Cc1cc(Nc2noc3ccccc23)ccn1. The largest absolute Gasteiger partial charge is 0.354 e. The average Bonchev–Trinajstić information content (AvgIpc) is 2.73. The second-order valence-corrected chi connectivity index (χ2v) is 3.84. The van der Waals surface area contributed by atoms with Gasteiger partial charge in [0.2, 0.25) is 0 Å². The molecular formula is C13H11N3O. The molecule has 3 rings (SSSR count). The number of para-hydroxylation sites is 1. The van der Waals surface area contributed by atoms with Crippen LogP contribution < -0.4 is 5.32 Å². The van der Waals surface area contributed by atoms with E-state index in [-0.39, 0.29) is 0 Å². The molecule has 2 aromatic heterocycles. The summed E-state index contributed by atoms with van der Waals surface area (Å²) >= 11 is 0. The first kappa shape index (κ1) is 9.84. The van der Waals surface area contributed by atoms with Crippen molar-refractivity contribution < 1.29 is 4.52 Å². The number of nitrogens with zero attached hydrogens (tertiary/aromatic N) is 2. The monoisotopic (exact) mass is 225 g/mol. The van der Waals surface area contributed by atoms with Crippen LogP contribution in [0.4, 0.5) is 11.5 Å². The Bertz CT molecular complexity index is 660. The summed E-state index contributed by atoms with van der Waals surface area (Å²) in [6.07, 6.45) is 1.76. The van der Waals surface area contributed by atoms with E-state index < -0.39 is 0 Å². The topological polar surface area (TPSA) is 51.0 Å². The van der Waals surface area contributed by atoms with Gasteiger partial charge in [0.25, 0.3) is 0 Å². The van der Waals surface area contributed by atoms with Crippen LogP contribution in [0.3, 0.4) is 0 Å². The first-order valence-corrected chi connectivity index (χ1v) is 5.37. The molecule has 17 heavy (non-hydrogen) atoms. The Labute approximate surface area is 98.3 Å². The minimum atomic E-state index is 0.728. The van der Waals surface area contributed by atoms with Crippen LogP contribution in [-0.4, -0.2) is 10.1 Å². The molecule has 4 nitrogen and oxygen atoms in total. The van der Waals surface area contributed by atoms with Crippen LogP contribution in [-0.2, 0) is 0 Å². The molecule has 0 aliphatic heterocycles. The van der Waals surface area contributed by atoms with Gasteiger partial charge in [-0.2, -0.15) is 0 Å². The van der Waals surface area contributed by atoms with Crippen molar-refractivity contribution in [2.24, 2.45) is 0 Å². The molecule has 0 fully saturated rings. The smallest absolute Gasteiger partial charge is 0.181 e. The van der Waals surface area contributed by atoms with Crippen molar-refractivity contribution in [3.05, 3.63) is 48.3 Å². The zero-order chi connectivity index (χ0) is 11.7. The van der Waals surface area contributed by atoms with Crippen molar-refractivity contribution in [3.8, 4) is 0 Å². The van der Waals surface area contributed by atoms with Gasteiger partial charge in [-0.15, -0.1) is 0 Å². The Kier molecular flexibility index (Phi) is 2.26. The standard InChI is InChI=1S/C13H11N3O/c1-9-8-10(6-7-14-9)15-13-11-4-2-3-5-12(11)17-16-13/h2-8H,1H3,(H,14,15,16). The molecule has 0 unspecified atom stereocenters. The van der Waals surface area contributed by atoms with Gasteiger partial charge < -0.3 is 9.84 Å². The molecule has 1 N–H and O–H groups in total. The molecule has 0 saturated heterocycles. The maximum absolute atomic E-state index is 5.22. The molecule has 0 spiro atoms. The lowest BCUT2D eigenvalue weighted by molar-refractivity contribution is 0.460. The lowest BCUT2D eigenvalue weighted by Crippen LogP contribution is -1.92. The summed E-state index contributed by atoms with van der Waals surface area (Å²) in [5.74, 6) is 0.728. The zero-order valence-electron chi connectivity index (χ0n) is 9.34. The highest BCUT2D eigenvalue weighted by Gasteiger charge is 2.06. The number of aromatic nitrogens is 2. The third-order valence-electron chi connectivity index (χ3n) is 2.54. The van der Waals surface area contributed by atoms with Crippen LogP contribution >= 0.6 is 0 Å². The third kappa shape index (κ3) is 1.85. The van der Waals surface area contributed by atoms with E-state index in [0.717, 1.165) is 28.2 Å². The number of anilines is 2. The van der Waals surface area contributed by atoms with Gasteiger partial charge in [0.15, 0.2) is 11.4 Å². The quantitative estimate of drug-likeness (QED) is 0.727. The number of benzene rings is 1. The van der Waals surface area contributed by atoms with E-state index in [0.29, 0.717) is 0 Å². The molecule has 0 radical (unpaired) electrons. The fraction of sp³-hybridized carbons (Fsp3) is 0.0769. The molecule has 0 aliphatic carbocycles. The number of nitrogens with one attached hydrogen (secondary N) is 1. The number of hydrogen-bond donors (Lipinski definition) is 1. The minimum absolute atomic E-state index is 0.728. The van der Waals surface area contributed by atoms with Gasteiger partial charge in [-0.3, -0.25) is 4.98 Å². The Morgan fingerprint density at radius 2 is 2.06 bits per heavy atom. The highest BCUT2D eigenvalue weighted by atomic mass is 16.5. The van der Waals surface area contributed by atoms with E-state index in [4.69, 9.17) is 4.52 Å². The molecule has 1 aromatic carbocycles. The lowest BCUT2D eigenvalue weighted by atomic mass is 10.2. The predicted molar refractivity (Wildman–Crippen MR) is 66.3 cm³/mol. The Balaban J connectivity index is 2.00. The van der Waals surface area contributed by atoms with Gasteiger partial charge in [-0.05, 0) is 31.2 Å². The van der Waals surface area contributed by atoms with E-state index in [1.54, 1.807) is 6.20 Å². The fourth-order valence-corrected chi connectivity index (χ4v) is 1.74. The summed E-state index contributed by atoms with van der Waals surface area (Å²) in [5.41, 5.74) is 2.69. The van der Waals surface area contributed by atoms with Crippen LogP contribution in [0.2, 0.25) is 0 Å². The van der Waals surface area contributed by atoms with E-state index in [1.165, 1.54) is 0 Å². The van der Waals surface area contributed by atoms with Crippen LogP contribution in [0.5, 0.6) is 0 Å². The lowest BCUT2D eigenvalue weighted by Gasteiger charge is -2.02. The maximum Gasteiger partial charge on any atom is 0.181 e. The molecule has 0 bridgehead atoms. The highest BCUT2D eigenvalue weighted by molar-refractivity contribution is 5.89. The molecule has 0 aliphatic rings. The second kappa shape index (κ2) is 3.90. The van der Waals surface area contributed by atoms with Crippen molar-refractivity contribution >= 4 is 22.5 Å². The van der Waals surface area contributed by atoms with Crippen LogP contribution in [0.15, 0.2) is 47.1 Å². The number of fused-ring (bicyclic) bond motifs is 1. The van der Waals surface area contributed by atoms with Crippen molar-refractivity contribution in [1.29, 1.82) is 0 Å². The second-order valence-electron chi connectivity index (χ2n) is 3.84. The molecule has 0 saturated carbocycles. The van der Waals surface area contributed by atoms with Gasteiger partial charge in [-0.25, -0.2) is 0 Å². The Morgan fingerprint density at radius 3 is 2.94 bits per heavy atom. The summed E-state index contributed by atoms with van der Waals surface area (Å²) in [5, 5.41) is 8.21. The zero-order valence-corrected chi connectivity index (χ0v) is 9.34. The Morgan fingerprint density at radius 1 is 1.18 bits per heavy atom. The molecule has 84 valence electrons. The van der Waals surface area contributed by atoms with Gasteiger partial charge in [0.05, 0.1) is 5.39 Å². The summed E-state index contributed by atoms with van der Waals surface area (Å²) in [7, 11) is 0. The first-order valence-electron chi connectivity index (χ1n) is 5.37. The van der Waals surface area contributed by atoms with E-state index in [2.05, 4.69) is 15.5 Å². The van der Waals surface area contributed by atoms with E-state index in [9.17, 15) is 0 Å². The van der Waals surface area contributed by atoms with E-state index >= 15 is 0 Å². The van der Waals surface area contributed by atoms with Gasteiger partial charge >= 0.3 is 0 Å². The van der Waals surface area contributed by atoms with Gasteiger partial charge in [0.1, 0.15) is 0 Å². The number of pyridine rings is 1. The Hall–Kier alpha value is -2.36. The molecule has 0 amide bonds. The number of aryl methyl sites for hydroxylation is 1. The van der Waals surface area contributed by atoms with Crippen molar-refractivity contribution in [2.45, 2.75) is 6.92 Å². The van der Waals surface area contributed by atoms with Crippen molar-refractivity contribution in [1.82, 2.24) is 10.1 Å². The molecular weight excluding hydrogens is 214 g/mol. The summed E-state index contributed by atoms with van der Waals surface area (Å²) in [6.45, 7) is 1.95. The van der Waals surface area contributed by atoms with Crippen LogP contribution in [0, 0.1) is 6.92 Å². The number of hydrogen-bond acceptors (Lipinski definition) is 4. The molecule has 4 heteroatoms. The molecule has 3 aromatic rings. The number of rotatable bonds is 2. The first-order chi connectivity index (χ1) is 8.33. The summed E-state index contributed by atoms with van der Waals surface area (Å²) < 4.78 is 5.22. The molecule has 2 heterocycles. The predicted octanol–water partition coefficient (Wildman–Crippen LogP) is 3.27. The average molecular weight is 225 g/mol. The third-order valence-corrected chi connectivity index (χ3v) is 2.54. The van der Waals surface area contributed by atoms with Crippen LogP contribution in [0.1, 0.15) is 5.69 Å². The van der Waals surface area contributed by atoms with Gasteiger partial charge in [-0.1, -0.05) is 17.3 Å².